The van der Waals surface area contributed by atoms with Crippen molar-refractivity contribution in [3.63, 3.8) is 0 Å². The zero-order chi connectivity index (χ0) is 13.9. The summed E-state index contributed by atoms with van der Waals surface area (Å²) in [6.45, 7) is 5.20. The molecule has 0 saturated heterocycles. The number of alkyl halides is 3. The lowest BCUT2D eigenvalue weighted by molar-refractivity contribution is -0.137. The maximum atomic E-state index is 12.5. The van der Waals surface area contributed by atoms with Crippen LogP contribution in [0.15, 0.2) is 30.9 Å². The van der Waals surface area contributed by atoms with Crippen LogP contribution in [0.5, 0.6) is 0 Å². The molecule has 98 valence electrons. The van der Waals surface area contributed by atoms with E-state index in [-0.39, 0.29) is 11.7 Å². The number of carboxylic acids is 1. The summed E-state index contributed by atoms with van der Waals surface area (Å²) in [6, 6.07) is 2.30. The SMILES string of the molecule is C=CC(C)Nc1ccc(C(F)(F)F)cc1C(=O)O. The monoisotopic (exact) mass is 259 g/mol. The van der Waals surface area contributed by atoms with Crippen molar-refractivity contribution >= 4 is 11.7 Å². The average molecular weight is 259 g/mol. The summed E-state index contributed by atoms with van der Waals surface area (Å²) >= 11 is 0. The zero-order valence-electron chi connectivity index (χ0n) is 9.58. The highest BCUT2D eigenvalue weighted by molar-refractivity contribution is 5.94. The van der Waals surface area contributed by atoms with Gasteiger partial charge in [0.2, 0.25) is 0 Å². The minimum atomic E-state index is -4.56. The summed E-state index contributed by atoms with van der Waals surface area (Å²) in [5.41, 5.74) is -1.28. The second kappa shape index (κ2) is 5.12. The first-order valence-electron chi connectivity index (χ1n) is 5.09. The van der Waals surface area contributed by atoms with Gasteiger partial charge in [-0.1, -0.05) is 6.08 Å². The molecule has 1 rings (SSSR count). The molecule has 1 aromatic carbocycles. The van der Waals surface area contributed by atoms with Crippen molar-refractivity contribution in [2.45, 2.75) is 19.1 Å². The van der Waals surface area contributed by atoms with Crippen molar-refractivity contribution in [3.05, 3.63) is 42.0 Å². The molecule has 6 heteroatoms. The first kappa shape index (κ1) is 14.1. The third-order valence-corrected chi connectivity index (χ3v) is 2.31. The predicted octanol–water partition coefficient (Wildman–Crippen LogP) is 3.39. The second-order valence-corrected chi connectivity index (χ2v) is 3.73. The molecule has 0 aliphatic carbocycles. The topological polar surface area (TPSA) is 49.3 Å². The van der Waals surface area contributed by atoms with Crippen LogP contribution in [-0.4, -0.2) is 17.1 Å². The van der Waals surface area contributed by atoms with Crippen LogP contribution in [0.2, 0.25) is 0 Å². The number of hydrogen-bond donors (Lipinski definition) is 2. The Morgan fingerprint density at radius 1 is 1.50 bits per heavy atom. The van der Waals surface area contributed by atoms with Crippen LogP contribution in [0.3, 0.4) is 0 Å². The fourth-order valence-corrected chi connectivity index (χ4v) is 1.33. The number of nitrogens with one attached hydrogen (secondary N) is 1. The van der Waals surface area contributed by atoms with E-state index in [4.69, 9.17) is 5.11 Å². The number of halogens is 3. The largest absolute Gasteiger partial charge is 0.478 e. The molecular weight excluding hydrogens is 247 g/mol. The van der Waals surface area contributed by atoms with Gasteiger partial charge in [0.1, 0.15) is 0 Å². The predicted molar refractivity (Wildman–Crippen MR) is 61.7 cm³/mol. The van der Waals surface area contributed by atoms with Crippen molar-refractivity contribution < 1.29 is 23.1 Å². The normalized spacial score (nSPS) is 12.9. The van der Waals surface area contributed by atoms with E-state index >= 15 is 0 Å². The van der Waals surface area contributed by atoms with Crippen LogP contribution >= 0.6 is 0 Å². The minimum Gasteiger partial charge on any atom is -0.478 e. The van der Waals surface area contributed by atoms with Crippen LogP contribution in [0, 0.1) is 0 Å². The molecule has 0 aromatic heterocycles. The summed E-state index contributed by atoms with van der Waals surface area (Å²) in [7, 11) is 0. The highest BCUT2D eigenvalue weighted by Gasteiger charge is 2.31. The molecule has 0 fully saturated rings. The first-order chi connectivity index (χ1) is 8.25. The van der Waals surface area contributed by atoms with Crippen LogP contribution in [0.1, 0.15) is 22.8 Å². The highest BCUT2D eigenvalue weighted by atomic mass is 19.4. The van der Waals surface area contributed by atoms with Crippen LogP contribution in [0.25, 0.3) is 0 Å². The smallest absolute Gasteiger partial charge is 0.416 e. The second-order valence-electron chi connectivity index (χ2n) is 3.73. The van der Waals surface area contributed by atoms with E-state index in [0.29, 0.717) is 6.07 Å². The Labute approximate surface area is 102 Å². The van der Waals surface area contributed by atoms with E-state index < -0.39 is 23.3 Å². The molecular formula is C12H12F3NO2. The summed E-state index contributed by atoms with van der Waals surface area (Å²) in [4.78, 5) is 10.9. The molecule has 18 heavy (non-hydrogen) atoms. The van der Waals surface area contributed by atoms with Gasteiger partial charge in [0.05, 0.1) is 11.1 Å². The van der Waals surface area contributed by atoms with E-state index in [1.165, 1.54) is 6.08 Å². The molecule has 0 spiro atoms. The van der Waals surface area contributed by atoms with Crippen molar-refractivity contribution in [1.29, 1.82) is 0 Å². The molecule has 1 atom stereocenters. The van der Waals surface area contributed by atoms with Gasteiger partial charge in [0, 0.05) is 11.7 Å². The maximum absolute atomic E-state index is 12.5. The van der Waals surface area contributed by atoms with E-state index in [0.717, 1.165) is 12.1 Å². The lowest BCUT2D eigenvalue weighted by Crippen LogP contribution is -2.16. The Hall–Kier alpha value is -1.98. The fourth-order valence-electron chi connectivity index (χ4n) is 1.33. The number of benzene rings is 1. The summed E-state index contributed by atoms with van der Waals surface area (Å²) in [5.74, 6) is -1.42. The fraction of sp³-hybridized carbons (Fsp3) is 0.250. The molecule has 1 aromatic rings. The van der Waals surface area contributed by atoms with Crippen molar-refractivity contribution in [2.75, 3.05) is 5.32 Å². The number of rotatable bonds is 4. The number of aromatic carboxylic acids is 1. The standard InChI is InChI=1S/C12H12F3NO2/c1-3-7(2)16-10-5-4-8(12(13,14)15)6-9(10)11(17)18/h3-7,16H,1H2,2H3,(H,17,18). The molecule has 1 unspecified atom stereocenters. The van der Waals surface area contributed by atoms with Gasteiger partial charge < -0.3 is 10.4 Å². The lowest BCUT2D eigenvalue weighted by atomic mass is 10.1. The summed E-state index contributed by atoms with van der Waals surface area (Å²) < 4.78 is 37.4. The summed E-state index contributed by atoms with van der Waals surface area (Å²) in [6.07, 6.45) is -3.05. The van der Waals surface area contributed by atoms with Crippen LogP contribution < -0.4 is 5.32 Å². The lowest BCUT2D eigenvalue weighted by Gasteiger charge is -2.15. The third kappa shape index (κ3) is 3.26. The molecule has 2 N–H and O–H groups in total. The van der Waals surface area contributed by atoms with Crippen molar-refractivity contribution in [1.82, 2.24) is 0 Å². The quantitative estimate of drug-likeness (QED) is 0.815. The number of carboxylic acid groups (broad SMARTS) is 1. The third-order valence-electron chi connectivity index (χ3n) is 2.31. The Bertz CT molecular complexity index is 469. The van der Waals surface area contributed by atoms with E-state index in [1.54, 1.807) is 6.92 Å². The average Bonchev–Trinajstić information content (AvgIpc) is 2.27. The summed E-state index contributed by atoms with van der Waals surface area (Å²) in [5, 5.41) is 11.7. The molecule has 0 amide bonds. The van der Waals surface area contributed by atoms with Gasteiger partial charge in [0.25, 0.3) is 0 Å². The van der Waals surface area contributed by atoms with Gasteiger partial charge in [0.15, 0.2) is 0 Å². The number of anilines is 1. The minimum absolute atomic E-state index is 0.128. The molecule has 0 aliphatic rings. The first-order valence-corrected chi connectivity index (χ1v) is 5.09. The van der Waals surface area contributed by atoms with Gasteiger partial charge in [-0.3, -0.25) is 0 Å². The number of carbonyl (C=O) groups is 1. The van der Waals surface area contributed by atoms with E-state index in [1.807, 2.05) is 0 Å². The number of hydrogen-bond acceptors (Lipinski definition) is 2. The molecule has 0 saturated carbocycles. The van der Waals surface area contributed by atoms with E-state index in [9.17, 15) is 18.0 Å². The van der Waals surface area contributed by atoms with Gasteiger partial charge in [-0.05, 0) is 25.1 Å². The van der Waals surface area contributed by atoms with Crippen molar-refractivity contribution in [2.24, 2.45) is 0 Å². The Kier molecular flexibility index (Phi) is 4.00. The van der Waals surface area contributed by atoms with E-state index in [2.05, 4.69) is 11.9 Å². The Balaban J connectivity index is 3.21. The van der Waals surface area contributed by atoms with Gasteiger partial charge >= 0.3 is 12.1 Å². The highest BCUT2D eigenvalue weighted by Crippen LogP contribution is 2.32. The van der Waals surface area contributed by atoms with Crippen LogP contribution in [0.4, 0.5) is 18.9 Å². The Morgan fingerprint density at radius 3 is 2.56 bits per heavy atom. The van der Waals surface area contributed by atoms with Crippen molar-refractivity contribution in [3.8, 4) is 0 Å². The van der Waals surface area contributed by atoms with Crippen LogP contribution in [-0.2, 0) is 6.18 Å². The van der Waals surface area contributed by atoms with Gasteiger partial charge in [-0.15, -0.1) is 6.58 Å². The molecule has 0 radical (unpaired) electrons. The zero-order valence-corrected chi connectivity index (χ0v) is 9.58. The van der Waals surface area contributed by atoms with Gasteiger partial charge in [-0.25, -0.2) is 4.79 Å². The maximum Gasteiger partial charge on any atom is 0.416 e. The van der Waals surface area contributed by atoms with Gasteiger partial charge in [-0.2, -0.15) is 13.2 Å². The molecule has 3 nitrogen and oxygen atoms in total. The molecule has 0 heterocycles. The Morgan fingerprint density at radius 2 is 2.11 bits per heavy atom. The molecule has 0 aliphatic heterocycles. The molecule has 0 bridgehead atoms.